The molecule has 0 aliphatic heterocycles. The number of fused-ring (bicyclic) bond motifs is 1. The molecular weight excluding hydrogens is 496 g/mol. The average Bonchev–Trinajstić information content (AvgIpc) is 3.55. The lowest BCUT2D eigenvalue weighted by Crippen LogP contribution is -2.27. The number of rotatable bonds is 7. The molecule has 0 atom stereocenters. The topological polar surface area (TPSA) is 57.5 Å². The van der Waals surface area contributed by atoms with Crippen molar-refractivity contribution in [2.24, 2.45) is 0 Å². The molecule has 0 amide bonds. The molecule has 0 bridgehead atoms. The summed E-state index contributed by atoms with van der Waals surface area (Å²) in [5, 5.41) is 0.443. The molecule has 35 heavy (non-hydrogen) atoms. The second kappa shape index (κ2) is 9.82. The first-order chi connectivity index (χ1) is 16.5. The van der Waals surface area contributed by atoms with Gasteiger partial charge in [-0.15, -0.1) is 0 Å². The zero-order valence-corrected chi connectivity index (χ0v) is 21.5. The highest BCUT2D eigenvalue weighted by Gasteiger charge is 2.35. The fourth-order valence-corrected chi connectivity index (χ4v) is 5.35. The summed E-state index contributed by atoms with van der Waals surface area (Å²) >= 11 is 7.21. The number of esters is 2. The van der Waals surface area contributed by atoms with Gasteiger partial charge in [-0.25, -0.2) is 13.6 Å². The minimum Gasteiger partial charge on any atom is -0.462 e. The van der Waals surface area contributed by atoms with Gasteiger partial charge in [-0.05, 0) is 64.8 Å². The zero-order chi connectivity index (χ0) is 25.5. The summed E-state index contributed by atoms with van der Waals surface area (Å²) in [5.74, 6) is -2.54. The number of ether oxygens (including phenoxy) is 2. The van der Waals surface area contributed by atoms with Gasteiger partial charge in [0.25, 0.3) is 0 Å². The van der Waals surface area contributed by atoms with E-state index in [0.717, 1.165) is 30.3 Å². The van der Waals surface area contributed by atoms with Gasteiger partial charge < -0.3 is 14.0 Å². The molecule has 0 saturated heterocycles. The van der Waals surface area contributed by atoms with E-state index in [4.69, 9.17) is 21.1 Å². The molecular formula is C26H26ClF2NO4S. The number of benzene rings is 2. The molecule has 1 heterocycles. The van der Waals surface area contributed by atoms with E-state index in [1.165, 1.54) is 12.1 Å². The van der Waals surface area contributed by atoms with E-state index >= 15 is 8.78 Å². The lowest BCUT2D eigenvalue weighted by molar-refractivity contribution is -0.155. The maximum absolute atomic E-state index is 15.3. The van der Waals surface area contributed by atoms with E-state index < -0.39 is 29.2 Å². The smallest absolute Gasteiger partial charge is 0.341 e. The molecule has 0 unspecified atom stereocenters. The van der Waals surface area contributed by atoms with Crippen LogP contribution >= 0.6 is 23.4 Å². The maximum atomic E-state index is 15.3. The van der Waals surface area contributed by atoms with Gasteiger partial charge in [-0.3, -0.25) is 4.79 Å². The van der Waals surface area contributed by atoms with Crippen LogP contribution in [0, 0.1) is 11.6 Å². The molecule has 9 heteroatoms. The molecule has 1 aliphatic carbocycles. The number of carbonyl (C=O) groups excluding carboxylic acids is 2. The molecule has 1 aromatic heterocycles. The Morgan fingerprint density at radius 3 is 2.49 bits per heavy atom. The Labute approximate surface area is 211 Å². The molecule has 2 aromatic carbocycles. The Morgan fingerprint density at radius 1 is 1.14 bits per heavy atom. The van der Waals surface area contributed by atoms with Crippen molar-refractivity contribution in [3.8, 4) is 0 Å². The van der Waals surface area contributed by atoms with Gasteiger partial charge in [0.15, 0.2) is 11.6 Å². The van der Waals surface area contributed by atoms with Gasteiger partial charge in [-0.1, -0.05) is 29.4 Å². The van der Waals surface area contributed by atoms with Crippen molar-refractivity contribution in [2.75, 3.05) is 6.61 Å². The van der Waals surface area contributed by atoms with E-state index in [2.05, 4.69) is 0 Å². The van der Waals surface area contributed by atoms with Crippen LogP contribution in [0.15, 0.2) is 40.1 Å². The Morgan fingerprint density at radius 2 is 1.86 bits per heavy atom. The first-order valence-electron chi connectivity index (χ1n) is 11.4. The van der Waals surface area contributed by atoms with E-state index in [-0.39, 0.29) is 40.1 Å². The summed E-state index contributed by atoms with van der Waals surface area (Å²) in [4.78, 5) is 25.8. The minimum absolute atomic E-state index is 0.0742. The molecule has 3 aromatic rings. The van der Waals surface area contributed by atoms with Crippen molar-refractivity contribution >= 4 is 46.2 Å². The van der Waals surface area contributed by atoms with Crippen molar-refractivity contribution in [2.45, 2.75) is 68.4 Å². The number of hydrogen-bond acceptors (Lipinski definition) is 5. The third kappa shape index (κ3) is 5.33. The predicted molar refractivity (Wildman–Crippen MR) is 131 cm³/mol. The van der Waals surface area contributed by atoms with Crippen molar-refractivity contribution < 1.29 is 27.8 Å². The number of aromatic nitrogens is 1. The predicted octanol–water partition coefficient (Wildman–Crippen LogP) is 7.12. The lowest BCUT2D eigenvalue weighted by Gasteiger charge is -2.20. The second-order valence-corrected chi connectivity index (χ2v) is 10.8. The minimum atomic E-state index is -0.750. The fraction of sp³-hybridized carbons (Fsp3) is 0.385. The summed E-state index contributed by atoms with van der Waals surface area (Å²) in [6, 6.07) is 7.62. The van der Waals surface area contributed by atoms with Crippen LogP contribution in [0.2, 0.25) is 5.02 Å². The van der Waals surface area contributed by atoms with Gasteiger partial charge in [0, 0.05) is 26.8 Å². The van der Waals surface area contributed by atoms with Gasteiger partial charge >= 0.3 is 11.9 Å². The molecule has 0 radical (unpaired) electrons. The number of carbonyl (C=O) groups is 2. The van der Waals surface area contributed by atoms with E-state index in [9.17, 15) is 9.59 Å². The van der Waals surface area contributed by atoms with Crippen LogP contribution in [0.3, 0.4) is 0 Å². The summed E-state index contributed by atoms with van der Waals surface area (Å²) in [7, 11) is 0. The Hall–Kier alpha value is -2.58. The lowest BCUT2D eigenvalue weighted by atomic mass is 10.2. The molecule has 0 N–H and O–H groups in total. The van der Waals surface area contributed by atoms with Crippen molar-refractivity contribution in [1.82, 2.24) is 4.57 Å². The first kappa shape index (κ1) is 25.5. The van der Waals surface area contributed by atoms with E-state index in [1.54, 1.807) is 50.5 Å². The van der Waals surface area contributed by atoms with Crippen LogP contribution in [0.1, 0.15) is 62.5 Å². The second-order valence-electron chi connectivity index (χ2n) is 9.36. The van der Waals surface area contributed by atoms with Crippen LogP contribution in [0.25, 0.3) is 10.9 Å². The molecule has 4 rings (SSSR count). The van der Waals surface area contributed by atoms with Crippen molar-refractivity contribution in [3.63, 3.8) is 0 Å². The molecule has 186 valence electrons. The number of hydrogen-bond donors (Lipinski definition) is 0. The van der Waals surface area contributed by atoms with Crippen LogP contribution in [-0.4, -0.2) is 28.7 Å². The quantitative estimate of drug-likeness (QED) is 0.310. The average molecular weight is 522 g/mol. The largest absolute Gasteiger partial charge is 0.462 e. The zero-order valence-electron chi connectivity index (χ0n) is 19.9. The highest BCUT2D eigenvalue weighted by atomic mass is 35.5. The maximum Gasteiger partial charge on any atom is 0.341 e. The Bertz CT molecular complexity index is 1310. The highest BCUT2D eigenvalue weighted by molar-refractivity contribution is 7.99. The van der Waals surface area contributed by atoms with E-state index in [1.807, 2.05) is 0 Å². The Balaban J connectivity index is 1.86. The molecule has 1 aliphatic rings. The summed E-state index contributed by atoms with van der Waals surface area (Å²) < 4.78 is 42.7. The third-order valence-electron chi connectivity index (χ3n) is 5.45. The normalized spacial score (nSPS) is 13.8. The van der Waals surface area contributed by atoms with Crippen molar-refractivity contribution in [3.05, 3.63) is 58.2 Å². The van der Waals surface area contributed by atoms with Crippen LogP contribution in [-0.2, 0) is 20.8 Å². The molecule has 1 fully saturated rings. The first-order valence-corrected chi connectivity index (χ1v) is 12.6. The summed E-state index contributed by atoms with van der Waals surface area (Å²) in [6.07, 6.45) is 1.72. The Kier molecular flexibility index (Phi) is 7.16. The van der Waals surface area contributed by atoms with Gasteiger partial charge in [0.05, 0.1) is 22.7 Å². The number of halogens is 3. The van der Waals surface area contributed by atoms with Gasteiger partial charge in [0.1, 0.15) is 12.1 Å². The molecule has 0 spiro atoms. The van der Waals surface area contributed by atoms with Crippen LogP contribution in [0.4, 0.5) is 8.78 Å². The van der Waals surface area contributed by atoms with Crippen molar-refractivity contribution in [1.29, 1.82) is 0 Å². The molecule has 5 nitrogen and oxygen atoms in total. The third-order valence-corrected chi connectivity index (χ3v) is 6.91. The van der Waals surface area contributed by atoms with Crippen LogP contribution in [0.5, 0.6) is 0 Å². The van der Waals surface area contributed by atoms with E-state index in [0.29, 0.717) is 10.3 Å². The SMILES string of the molecule is CCOC(=O)c1cccc(Sc2c(C3CC3)n(CC(=O)OC(C)(C)C)c3c(F)c(Cl)ccc23)c1F. The fourth-order valence-electron chi connectivity index (χ4n) is 3.97. The summed E-state index contributed by atoms with van der Waals surface area (Å²) in [6.45, 7) is 6.85. The van der Waals surface area contributed by atoms with Gasteiger partial charge in [0.2, 0.25) is 0 Å². The molecule has 1 saturated carbocycles. The van der Waals surface area contributed by atoms with Crippen LogP contribution < -0.4 is 0 Å². The summed E-state index contributed by atoms with van der Waals surface area (Å²) in [5.41, 5.74) is 0.0359. The number of nitrogens with zero attached hydrogens (tertiary/aromatic N) is 1. The standard InChI is InChI=1S/C26H26ClF2NO4S/c1-5-33-25(32)15-7-6-8-18(20(15)28)35-24-16-11-12-17(27)21(29)23(16)30(22(24)14-9-10-14)13-19(31)34-26(2,3)4/h6-8,11-12,14H,5,9-10,13H2,1-4H3. The monoisotopic (exact) mass is 521 g/mol. The highest BCUT2D eigenvalue weighted by Crippen LogP contribution is 2.51. The van der Waals surface area contributed by atoms with Gasteiger partial charge in [-0.2, -0.15) is 0 Å².